The summed E-state index contributed by atoms with van der Waals surface area (Å²) >= 11 is 0. The summed E-state index contributed by atoms with van der Waals surface area (Å²) in [5.74, 6) is -1.05. The lowest BCUT2D eigenvalue weighted by Crippen LogP contribution is -2.39. The summed E-state index contributed by atoms with van der Waals surface area (Å²) in [6.45, 7) is 0.340. The highest BCUT2D eigenvalue weighted by Gasteiger charge is 2.33. The van der Waals surface area contributed by atoms with E-state index in [0.717, 1.165) is 4.90 Å². The fraction of sp³-hybridized carbons (Fsp3) is 0.667. The van der Waals surface area contributed by atoms with E-state index in [1.54, 1.807) is 0 Å². The topological polar surface area (TPSA) is 77.8 Å². The fourth-order valence-corrected chi connectivity index (χ4v) is 1.25. The molecule has 1 rings (SSSR count). The average Bonchev–Trinajstić information content (AvgIpc) is 2.32. The predicted molar refractivity (Wildman–Crippen MR) is 35.4 cm³/mol. The van der Waals surface area contributed by atoms with Crippen LogP contribution in [0, 0.1) is 0 Å². The van der Waals surface area contributed by atoms with Crippen LogP contribution in [0.3, 0.4) is 0 Å². The molecule has 0 aliphatic carbocycles. The molecule has 1 amide bonds. The van der Waals surface area contributed by atoms with E-state index in [9.17, 15) is 9.59 Å². The van der Waals surface area contributed by atoms with Crippen LogP contribution in [0.15, 0.2) is 0 Å². The Balaban J connectivity index is 2.65. The molecule has 1 aliphatic heterocycles. The Hall–Kier alpha value is -1.26. The van der Waals surface area contributed by atoms with Gasteiger partial charge in [-0.2, -0.15) is 0 Å². The first-order valence-electron chi connectivity index (χ1n) is 3.35. The molecule has 5 nitrogen and oxygen atoms in total. The zero-order chi connectivity index (χ0) is 8.43. The van der Waals surface area contributed by atoms with Crippen LogP contribution in [0.1, 0.15) is 12.8 Å². The van der Waals surface area contributed by atoms with E-state index in [-0.39, 0.29) is 0 Å². The number of carboxylic acids is 1. The lowest BCUT2D eigenvalue weighted by atomic mass is 10.2. The normalized spacial score (nSPS) is 23.6. The minimum absolute atomic E-state index is 0.340. The third-order valence-electron chi connectivity index (χ3n) is 1.78. The molecule has 0 spiro atoms. The zero-order valence-electron chi connectivity index (χ0n) is 5.86. The van der Waals surface area contributed by atoms with Gasteiger partial charge in [-0.3, -0.25) is 4.90 Å². The Morgan fingerprint density at radius 3 is 2.36 bits per heavy atom. The number of carboxylic acid groups (broad SMARTS) is 2. The van der Waals surface area contributed by atoms with Crippen molar-refractivity contribution < 1.29 is 19.8 Å². The Kier molecular flexibility index (Phi) is 1.98. The number of carbonyl (C=O) groups is 2. The second-order valence-electron chi connectivity index (χ2n) is 2.47. The van der Waals surface area contributed by atoms with Crippen molar-refractivity contribution in [1.82, 2.24) is 4.90 Å². The number of nitrogens with zero attached hydrogens (tertiary/aromatic N) is 1. The van der Waals surface area contributed by atoms with Crippen LogP contribution in [0.2, 0.25) is 0 Å². The van der Waals surface area contributed by atoms with Crippen molar-refractivity contribution in [2.45, 2.75) is 18.9 Å². The SMILES string of the molecule is O=C(O)[C@@H]1CCCN1C(=O)O. The lowest BCUT2D eigenvalue weighted by molar-refractivity contribution is -0.141. The summed E-state index contributed by atoms with van der Waals surface area (Å²) in [5.41, 5.74) is 0. The van der Waals surface area contributed by atoms with Gasteiger partial charge in [0.15, 0.2) is 0 Å². The van der Waals surface area contributed by atoms with Crippen molar-refractivity contribution in [1.29, 1.82) is 0 Å². The summed E-state index contributed by atoms with van der Waals surface area (Å²) < 4.78 is 0. The third kappa shape index (κ3) is 1.42. The molecule has 0 aromatic heterocycles. The van der Waals surface area contributed by atoms with Crippen LogP contribution < -0.4 is 0 Å². The highest BCUT2D eigenvalue weighted by molar-refractivity contribution is 5.79. The van der Waals surface area contributed by atoms with Gasteiger partial charge in [0.25, 0.3) is 0 Å². The molecule has 0 saturated carbocycles. The van der Waals surface area contributed by atoms with E-state index in [4.69, 9.17) is 10.2 Å². The molecule has 0 bridgehead atoms. The quantitative estimate of drug-likeness (QED) is 0.573. The van der Waals surface area contributed by atoms with Crippen LogP contribution >= 0.6 is 0 Å². The molecule has 1 fully saturated rings. The number of likely N-dealkylation sites (tertiary alicyclic amines) is 1. The molecule has 1 saturated heterocycles. The highest BCUT2D eigenvalue weighted by Crippen LogP contribution is 2.16. The maximum atomic E-state index is 10.4. The number of hydrogen-bond acceptors (Lipinski definition) is 2. The van der Waals surface area contributed by atoms with Gasteiger partial charge in [0.2, 0.25) is 0 Å². The van der Waals surface area contributed by atoms with Crippen LogP contribution in [-0.4, -0.2) is 39.8 Å². The zero-order valence-corrected chi connectivity index (χ0v) is 5.86. The van der Waals surface area contributed by atoms with Crippen molar-refractivity contribution in [2.24, 2.45) is 0 Å². The smallest absolute Gasteiger partial charge is 0.408 e. The Morgan fingerprint density at radius 1 is 1.36 bits per heavy atom. The van der Waals surface area contributed by atoms with E-state index in [1.165, 1.54) is 0 Å². The largest absolute Gasteiger partial charge is 0.480 e. The molecule has 0 aromatic carbocycles. The Morgan fingerprint density at radius 2 is 2.00 bits per heavy atom. The molecule has 0 aromatic rings. The maximum absolute atomic E-state index is 10.4. The lowest BCUT2D eigenvalue weighted by Gasteiger charge is -2.16. The summed E-state index contributed by atoms with van der Waals surface area (Å²) in [5, 5.41) is 17.0. The Bertz CT molecular complexity index is 171. The molecule has 0 radical (unpaired) electrons. The summed E-state index contributed by atoms with van der Waals surface area (Å²) in [4.78, 5) is 21.8. The van der Waals surface area contributed by atoms with Crippen molar-refractivity contribution in [2.75, 3.05) is 6.54 Å². The molecule has 0 unspecified atom stereocenters. The highest BCUT2D eigenvalue weighted by atomic mass is 16.4. The Labute approximate surface area is 63.2 Å². The van der Waals surface area contributed by atoms with Crippen molar-refractivity contribution in [3.63, 3.8) is 0 Å². The summed E-state index contributed by atoms with van der Waals surface area (Å²) in [7, 11) is 0. The monoisotopic (exact) mass is 159 g/mol. The van der Waals surface area contributed by atoms with Crippen molar-refractivity contribution in [3.8, 4) is 0 Å². The van der Waals surface area contributed by atoms with E-state index in [0.29, 0.717) is 19.4 Å². The third-order valence-corrected chi connectivity index (χ3v) is 1.78. The predicted octanol–water partition coefficient (Wildman–Crippen LogP) is 0.213. The molecule has 5 heteroatoms. The maximum Gasteiger partial charge on any atom is 0.408 e. The minimum Gasteiger partial charge on any atom is -0.480 e. The van der Waals surface area contributed by atoms with Gasteiger partial charge in [-0.25, -0.2) is 9.59 Å². The van der Waals surface area contributed by atoms with Crippen molar-refractivity contribution in [3.05, 3.63) is 0 Å². The number of amides is 1. The molecule has 11 heavy (non-hydrogen) atoms. The van der Waals surface area contributed by atoms with Gasteiger partial charge >= 0.3 is 12.1 Å². The first-order chi connectivity index (χ1) is 5.13. The standard InChI is InChI=1S/C6H9NO4/c8-5(9)4-2-1-3-7(4)6(10)11/h4H,1-3H2,(H,8,9)(H,10,11)/t4-/m0/s1. The van der Waals surface area contributed by atoms with E-state index >= 15 is 0 Å². The van der Waals surface area contributed by atoms with Crippen molar-refractivity contribution >= 4 is 12.1 Å². The first kappa shape index (κ1) is 7.84. The van der Waals surface area contributed by atoms with Gasteiger partial charge in [-0.05, 0) is 12.8 Å². The van der Waals surface area contributed by atoms with E-state index < -0.39 is 18.1 Å². The van der Waals surface area contributed by atoms with E-state index in [2.05, 4.69) is 0 Å². The van der Waals surface area contributed by atoms with Gasteiger partial charge < -0.3 is 10.2 Å². The first-order valence-corrected chi connectivity index (χ1v) is 3.35. The van der Waals surface area contributed by atoms with Crippen LogP contribution in [-0.2, 0) is 4.79 Å². The second-order valence-corrected chi connectivity index (χ2v) is 2.47. The van der Waals surface area contributed by atoms with Gasteiger partial charge in [0.1, 0.15) is 6.04 Å². The minimum atomic E-state index is -1.14. The molecule has 1 atom stereocenters. The number of hydrogen-bond donors (Lipinski definition) is 2. The average molecular weight is 159 g/mol. The van der Waals surface area contributed by atoms with Crippen LogP contribution in [0.25, 0.3) is 0 Å². The molecular weight excluding hydrogens is 150 g/mol. The van der Waals surface area contributed by atoms with Crippen LogP contribution in [0.4, 0.5) is 4.79 Å². The number of aliphatic carboxylic acids is 1. The second kappa shape index (κ2) is 2.77. The number of rotatable bonds is 1. The van der Waals surface area contributed by atoms with Gasteiger partial charge in [0.05, 0.1) is 0 Å². The molecular formula is C6H9NO4. The molecule has 1 aliphatic rings. The van der Waals surface area contributed by atoms with Crippen LogP contribution in [0.5, 0.6) is 0 Å². The summed E-state index contributed by atoms with van der Waals surface area (Å²) in [6, 6.07) is -0.826. The molecule has 1 heterocycles. The fourth-order valence-electron chi connectivity index (χ4n) is 1.25. The summed E-state index contributed by atoms with van der Waals surface area (Å²) in [6.07, 6.45) is -0.0693. The molecule has 2 N–H and O–H groups in total. The molecule has 62 valence electrons. The van der Waals surface area contributed by atoms with Gasteiger partial charge in [-0.15, -0.1) is 0 Å². The van der Waals surface area contributed by atoms with E-state index in [1.807, 2.05) is 0 Å². The van der Waals surface area contributed by atoms with Gasteiger partial charge in [0, 0.05) is 6.54 Å². The van der Waals surface area contributed by atoms with Gasteiger partial charge in [-0.1, -0.05) is 0 Å².